The molecule has 0 aromatic heterocycles. The molecular weight excluding hydrogens is 604 g/mol. The Hall–Kier alpha value is -1.06. The van der Waals surface area contributed by atoms with E-state index >= 15 is 0 Å². The molecule has 0 spiro atoms. The largest absolute Gasteiger partial charge is 0.459 e. The smallest absolute Gasteiger partial charge is 0.317 e. The molecule has 0 aliphatic heterocycles. The molecule has 0 bridgehead atoms. The van der Waals surface area contributed by atoms with Gasteiger partial charge in [0.25, 0.3) is 0 Å². The van der Waals surface area contributed by atoms with Gasteiger partial charge >= 0.3 is 11.9 Å². The summed E-state index contributed by atoms with van der Waals surface area (Å²) in [5.74, 6) is -0.810. The molecule has 0 rings (SSSR count). The third-order valence-corrected chi connectivity index (χ3v) is 10.7. The van der Waals surface area contributed by atoms with Gasteiger partial charge in [0.05, 0.1) is 0 Å². The van der Waals surface area contributed by atoms with Crippen LogP contribution in [0.2, 0.25) is 0 Å². The predicted octanol–water partition coefficient (Wildman–Crippen LogP) is 15.3. The lowest BCUT2D eigenvalue weighted by Gasteiger charge is -2.32. The second-order valence-corrected chi connectivity index (χ2v) is 16.2. The lowest BCUT2D eigenvalue weighted by atomic mass is 9.90. The van der Waals surface area contributed by atoms with Crippen molar-refractivity contribution in [1.29, 1.82) is 0 Å². The molecule has 0 amide bonds. The Labute approximate surface area is 307 Å². The number of hydrogen-bond donors (Lipinski definition) is 0. The highest BCUT2D eigenvalue weighted by Gasteiger charge is 2.32. The van der Waals surface area contributed by atoms with Crippen LogP contribution in [0.3, 0.4) is 0 Å². The van der Waals surface area contributed by atoms with Gasteiger partial charge in [0.1, 0.15) is 17.6 Å². The Morgan fingerprint density at radius 1 is 0.327 bits per heavy atom. The molecule has 0 radical (unpaired) electrons. The van der Waals surface area contributed by atoms with Gasteiger partial charge in [-0.2, -0.15) is 0 Å². The van der Waals surface area contributed by atoms with E-state index in [2.05, 4.69) is 41.5 Å². The van der Waals surface area contributed by atoms with Crippen LogP contribution in [-0.2, 0) is 19.1 Å². The van der Waals surface area contributed by atoms with Gasteiger partial charge in [-0.15, -0.1) is 0 Å². The van der Waals surface area contributed by atoms with Crippen molar-refractivity contribution in [1.82, 2.24) is 0 Å². The van der Waals surface area contributed by atoms with Gasteiger partial charge in [-0.1, -0.05) is 195 Å². The number of rotatable bonds is 38. The first kappa shape index (κ1) is 47.9. The second-order valence-electron chi connectivity index (χ2n) is 16.2. The lowest BCUT2D eigenvalue weighted by Crippen LogP contribution is -2.35. The van der Waals surface area contributed by atoms with Crippen molar-refractivity contribution >= 4 is 11.9 Å². The first-order chi connectivity index (χ1) is 23.7. The number of ether oxygens (including phenoxy) is 2. The van der Waals surface area contributed by atoms with Gasteiger partial charge in [-0.05, 0) is 65.2 Å². The van der Waals surface area contributed by atoms with Crippen LogP contribution < -0.4 is 0 Å². The summed E-state index contributed by atoms with van der Waals surface area (Å²) in [6.07, 6.45) is 41.1. The summed E-state index contributed by atoms with van der Waals surface area (Å²) < 4.78 is 12.3. The molecule has 0 aliphatic rings. The van der Waals surface area contributed by atoms with Crippen LogP contribution in [0.5, 0.6) is 0 Å². The number of esters is 2. The summed E-state index contributed by atoms with van der Waals surface area (Å²) in [5.41, 5.74) is -0.995. The van der Waals surface area contributed by atoms with Gasteiger partial charge < -0.3 is 9.47 Å². The molecule has 292 valence electrons. The third-order valence-electron chi connectivity index (χ3n) is 10.7. The highest BCUT2D eigenvalue weighted by Crippen LogP contribution is 2.30. The molecule has 2 unspecified atom stereocenters. The molecular formula is C45H88O4. The van der Waals surface area contributed by atoms with E-state index in [0.29, 0.717) is 0 Å². The molecule has 2 atom stereocenters. The van der Waals surface area contributed by atoms with Gasteiger partial charge in [0, 0.05) is 0 Å². The quantitative estimate of drug-likeness (QED) is 0.0367. The molecule has 49 heavy (non-hydrogen) atoms. The Kier molecular flexibility index (Phi) is 33.3. The average molecular weight is 693 g/mol. The standard InChI is InChI=1S/C45H88O4/c1-7-11-15-19-21-23-25-27-31-35-39-44(5,37-33-29-17-13-9-3)48-42(46)41-43(47)49-45(6,38-34-30-18-14-10-4)40-36-32-28-26-24-22-20-16-12-8-2/h7-41H2,1-6H3. The highest BCUT2D eigenvalue weighted by molar-refractivity contribution is 5.91. The molecule has 0 saturated heterocycles. The molecule has 0 saturated carbocycles. The van der Waals surface area contributed by atoms with Crippen LogP contribution in [0.15, 0.2) is 0 Å². The van der Waals surface area contributed by atoms with E-state index in [1.807, 2.05) is 0 Å². The molecule has 0 aromatic rings. The average Bonchev–Trinajstić information content (AvgIpc) is 3.06. The summed E-state index contributed by atoms with van der Waals surface area (Å²) in [6, 6.07) is 0. The minimum absolute atomic E-state index is 0.271. The van der Waals surface area contributed by atoms with Crippen molar-refractivity contribution in [2.45, 2.75) is 277 Å². The van der Waals surface area contributed by atoms with Crippen molar-refractivity contribution in [2.24, 2.45) is 0 Å². The summed E-state index contributed by atoms with van der Waals surface area (Å²) in [6.45, 7) is 13.2. The molecule has 0 heterocycles. The maximum absolute atomic E-state index is 13.2. The van der Waals surface area contributed by atoms with Gasteiger partial charge in [0.2, 0.25) is 0 Å². The zero-order valence-electron chi connectivity index (χ0n) is 34.4. The van der Waals surface area contributed by atoms with E-state index in [-0.39, 0.29) is 6.42 Å². The summed E-state index contributed by atoms with van der Waals surface area (Å²) in [4.78, 5) is 26.5. The molecule has 0 N–H and O–H groups in total. The first-order valence-electron chi connectivity index (χ1n) is 22.2. The number of carbonyl (C=O) groups excluding carboxylic acids is 2. The first-order valence-corrected chi connectivity index (χ1v) is 22.2. The van der Waals surface area contributed by atoms with Crippen LogP contribution in [0, 0.1) is 0 Å². The number of unbranched alkanes of at least 4 members (excludes halogenated alkanes) is 26. The second kappa shape index (κ2) is 34.0. The summed E-state index contributed by atoms with van der Waals surface area (Å²) in [7, 11) is 0. The monoisotopic (exact) mass is 693 g/mol. The van der Waals surface area contributed by atoms with Crippen molar-refractivity contribution in [2.75, 3.05) is 0 Å². The van der Waals surface area contributed by atoms with E-state index in [0.717, 1.165) is 51.4 Å². The zero-order valence-corrected chi connectivity index (χ0v) is 34.4. The van der Waals surface area contributed by atoms with E-state index in [1.54, 1.807) is 0 Å². The Bertz CT molecular complexity index is 676. The summed E-state index contributed by atoms with van der Waals surface area (Å²) >= 11 is 0. The van der Waals surface area contributed by atoms with Crippen molar-refractivity contribution in [3.8, 4) is 0 Å². The molecule has 0 aliphatic carbocycles. The number of carbonyl (C=O) groups is 2. The highest BCUT2D eigenvalue weighted by atomic mass is 16.6. The summed E-state index contributed by atoms with van der Waals surface area (Å²) in [5, 5.41) is 0. The van der Waals surface area contributed by atoms with Crippen LogP contribution in [0.25, 0.3) is 0 Å². The van der Waals surface area contributed by atoms with E-state index in [9.17, 15) is 9.59 Å². The zero-order chi connectivity index (χ0) is 36.3. The third kappa shape index (κ3) is 31.4. The van der Waals surface area contributed by atoms with Crippen molar-refractivity contribution in [3.05, 3.63) is 0 Å². The number of hydrogen-bond acceptors (Lipinski definition) is 4. The fourth-order valence-electron chi connectivity index (χ4n) is 7.37. The molecule has 4 nitrogen and oxygen atoms in total. The Morgan fingerprint density at radius 3 is 0.714 bits per heavy atom. The Morgan fingerprint density at radius 2 is 0.510 bits per heavy atom. The molecule has 0 fully saturated rings. The van der Waals surface area contributed by atoms with Crippen LogP contribution in [-0.4, -0.2) is 23.1 Å². The molecule has 4 heteroatoms. The lowest BCUT2D eigenvalue weighted by molar-refractivity contribution is -0.171. The Balaban J connectivity index is 4.91. The molecule has 0 aromatic carbocycles. The van der Waals surface area contributed by atoms with E-state index in [4.69, 9.17) is 9.47 Å². The topological polar surface area (TPSA) is 52.6 Å². The minimum Gasteiger partial charge on any atom is -0.459 e. The SMILES string of the molecule is CCCCCCCCCCCCC(C)(CCCCCCC)OC(=O)CC(=O)OC(C)(CCCCCCC)CCCCCCCCCCCC. The van der Waals surface area contributed by atoms with E-state index in [1.165, 1.54) is 167 Å². The maximum atomic E-state index is 13.2. The minimum atomic E-state index is -0.498. The predicted molar refractivity (Wildman–Crippen MR) is 213 cm³/mol. The van der Waals surface area contributed by atoms with Crippen LogP contribution in [0.1, 0.15) is 266 Å². The fourth-order valence-corrected chi connectivity index (χ4v) is 7.37. The van der Waals surface area contributed by atoms with Crippen LogP contribution in [0.4, 0.5) is 0 Å². The van der Waals surface area contributed by atoms with Crippen LogP contribution >= 0.6 is 0 Å². The van der Waals surface area contributed by atoms with E-state index < -0.39 is 23.1 Å². The normalized spacial score (nSPS) is 14.0. The van der Waals surface area contributed by atoms with Crippen molar-refractivity contribution in [3.63, 3.8) is 0 Å². The maximum Gasteiger partial charge on any atom is 0.317 e. The van der Waals surface area contributed by atoms with Gasteiger partial charge in [-0.3, -0.25) is 9.59 Å². The van der Waals surface area contributed by atoms with Gasteiger partial charge in [-0.25, -0.2) is 0 Å². The van der Waals surface area contributed by atoms with Crippen molar-refractivity contribution < 1.29 is 19.1 Å². The fraction of sp³-hybridized carbons (Fsp3) is 0.956. The van der Waals surface area contributed by atoms with Gasteiger partial charge in [0.15, 0.2) is 0 Å².